The topological polar surface area (TPSA) is 89.8 Å². The first-order valence-corrected chi connectivity index (χ1v) is 27.6. The van der Waals surface area contributed by atoms with Crippen molar-refractivity contribution in [3.05, 3.63) is 24.3 Å². The predicted octanol–water partition coefficient (Wildman–Crippen LogP) is 16.9. The van der Waals surface area contributed by atoms with Gasteiger partial charge in [0.15, 0.2) is 0 Å². The van der Waals surface area contributed by atoms with Crippen molar-refractivity contribution in [3.8, 4) is 0 Å². The van der Waals surface area contributed by atoms with Crippen molar-refractivity contribution in [2.75, 3.05) is 6.61 Å². The zero-order valence-corrected chi connectivity index (χ0v) is 41.3. The average molecular weight is 860 g/mol. The summed E-state index contributed by atoms with van der Waals surface area (Å²) < 4.78 is 0. The van der Waals surface area contributed by atoms with Crippen molar-refractivity contribution in [2.45, 2.75) is 321 Å². The normalized spacial score (nSPS) is 13.5. The molecule has 0 aromatic rings. The van der Waals surface area contributed by atoms with E-state index in [0.29, 0.717) is 12.8 Å². The second-order valence-electron chi connectivity index (χ2n) is 19.1. The molecule has 1 amide bonds. The number of carbonyl (C=O) groups excluding carboxylic acids is 1. The molecular formula is C56H109NO4. The monoisotopic (exact) mass is 860 g/mol. The summed E-state index contributed by atoms with van der Waals surface area (Å²) in [5, 5.41) is 33.7. The van der Waals surface area contributed by atoms with Gasteiger partial charge in [-0.1, -0.05) is 276 Å². The van der Waals surface area contributed by atoms with E-state index in [0.717, 1.165) is 44.9 Å². The lowest BCUT2D eigenvalue weighted by Crippen LogP contribution is -2.50. The van der Waals surface area contributed by atoms with Crippen LogP contribution in [-0.4, -0.2) is 46.1 Å². The number of allylic oxidation sites excluding steroid dienone is 4. The van der Waals surface area contributed by atoms with Crippen LogP contribution in [0.1, 0.15) is 303 Å². The van der Waals surface area contributed by atoms with Crippen LogP contribution in [0, 0.1) is 0 Å². The maximum absolute atomic E-state index is 12.5. The molecule has 0 rings (SSSR count). The molecule has 0 aliphatic carbocycles. The summed E-state index contributed by atoms with van der Waals surface area (Å²) >= 11 is 0. The van der Waals surface area contributed by atoms with Crippen LogP contribution in [0.3, 0.4) is 0 Å². The summed E-state index contributed by atoms with van der Waals surface area (Å²) in [6, 6.07) is -0.808. The molecule has 0 fully saturated rings. The lowest BCUT2D eigenvalue weighted by Gasteiger charge is -2.26. The first-order chi connectivity index (χ1) is 30.1. The molecule has 0 aliphatic heterocycles. The highest BCUT2D eigenvalue weighted by Gasteiger charge is 2.26. The maximum Gasteiger partial charge on any atom is 0.220 e. The highest BCUT2D eigenvalue weighted by molar-refractivity contribution is 5.76. The molecule has 0 aromatic carbocycles. The van der Waals surface area contributed by atoms with E-state index in [2.05, 4.69) is 43.5 Å². The van der Waals surface area contributed by atoms with Gasteiger partial charge >= 0.3 is 0 Å². The molecule has 0 spiro atoms. The Balaban J connectivity index is 3.51. The Bertz CT molecular complexity index is 905. The minimum atomic E-state index is -1.13. The van der Waals surface area contributed by atoms with Gasteiger partial charge in [0.25, 0.3) is 0 Å². The van der Waals surface area contributed by atoms with Crippen LogP contribution < -0.4 is 5.32 Å². The lowest BCUT2D eigenvalue weighted by molar-refractivity contribution is -0.124. The molecule has 5 heteroatoms. The summed E-state index contributed by atoms with van der Waals surface area (Å²) in [5.41, 5.74) is 0. The molecule has 3 unspecified atom stereocenters. The summed E-state index contributed by atoms with van der Waals surface area (Å²) in [4.78, 5) is 12.5. The van der Waals surface area contributed by atoms with E-state index in [1.54, 1.807) is 0 Å². The molecule has 4 N–H and O–H groups in total. The SMILES string of the molecule is CCCCCCCCCCC/C=C\C/C=C\CCCCCCCCCCCCCCCCCC(=O)NC(CO)C(O)C(O)CCCCCCCCCCCCCCCCCC. The maximum atomic E-state index is 12.5. The van der Waals surface area contributed by atoms with Crippen molar-refractivity contribution in [2.24, 2.45) is 0 Å². The molecule has 61 heavy (non-hydrogen) atoms. The summed E-state index contributed by atoms with van der Waals surface area (Å²) in [5.74, 6) is -0.141. The van der Waals surface area contributed by atoms with Crippen LogP contribution in [0.25, 0.3) is 0 Å². The number of aliphatic hydroxyl groups is 3. The van der Waals surface area contributed by atoms with Gasteiger partial charge in [-0.25, -0.2) is 0 Å². The Morgan fingerprint density at radius 1 is 0.410 bits per heavy atom. The van der Waals surface area contributed by atoms with Crippen LogP contribution in [0.15, 0.2) is 24.3 Å². The van der Waals surface area contributed by atoms with Gasteiger partial charge in [0, 0.05) is 6.42 Å². The van der Waals surface area contributed by atoms with E-state index >= 15 is 0 Å². The molecule has 0 radical (unpaired) electrons. The van der Waals surface area contributed by atoms with Crippen LogP contribution in [-0.2, 0) is 4.79 Å². The Morgan fingerprint density at radius 2 is 0.705 bits per heavy atom. The molecule has 0 aliphatic rings. The summed E-state index contributed by atoms with van der Waals surface area (Å²) in [7, 11) is 0. The lowest BCUT2D eigenvalue weighted by atomic mass is 9.99. The minimum absolute atomic E-state index is 0.141. The van der Waals surface area contributed by atoms with Crippen molar-refractivity contribution in [1.29, 1.82) is 0 Å². The third-order valence-electron chi connectivity index (χ3n) is 13.1. The number of amides is 1. The largest absolute Gasteiger partial charge is 0.394 e. The van der Waals surface area contributed by atoms with Gasteiger partial charge in [0.1, 0.15) is 6.10 Å². The Morgan fingerprint density at radius 3 is 1.03 bits per heavy atom. The highest BCUT2D eigenvalue weighted by atomic mass is 16.3. The van der Waals surface area contributed by atoms with Gasteiger partial charge in [-0.15, -0.1) is 0 Å². The molecule has 0 saturated carbocycles. The van der Waals surface area contributed by atoms with Crippen LogP contribution in [0.5, 0.6) is 0 Å². The molecule has 3 atom stereocenters. The molecule has 5 nitrogen and oxygen atoms in total. The second kappa shape index (κ2) is 51.5. The van der Waals surface area contributed by atoms with E-state index in [9.17, 15) is 20.1 Å². The zero-order valence-electron chi connectivity index (χ0n) is 41.3. The van der Waals surface area contributed by atoms with Crippen LogP contribution in [0.2, 0.25) is 0 Å². The number of hydrogen-bond donors (Lipinski definition) is 4. The fraction of sp³-hybridized carbons (Fsp3) is 0.911. The number of aliphatic hydroxyl groups excluding tert-OH is 3. The van der Waals surface area contributed by atoms with Gasteiger partial charge in [-0.2, -0.15) is 0 Å². The zero-order chi connectivity index (χ0) is 44.4. The van der Waals surface area contributed by atoms with Gasteiger partial charge < -0.3 is 20.6 Å². The number of unbranched alkanes of at least 4 members (excludes halogenated alkanes) is 39. The smallest absolute Gasteiger partial charge is 0.220 e. The summed E-state index contributed by atoms with van der Waals surface area (Å²) in [6.07, 6.45) is 64.7. The third kappa shape index (κ3) is 46.6. The Kier molecular flexibility index (Phi) is 50.5. The molecule has 0 saturated heterocycles. The third-order valence-corrected chi connectivity index (χ3v) is 13.1. The Labute approximate surface area is 382 Å². The quantitative estimate of drug-likeness (QED) is 0.0362. The molecule has 0 aromatic heterocycles. The number of hydrogen-bond acceptors (Lipinski definition) is 4. The Hall–Kier alpha value is -1.17. The number of carbonyl (C=O) groups is 1. The van der Waals surface area contributed by atoms with Crippen molar-refractivity contribution in [1.82, 2.24) is 5.32 Å². The molecule has 0 bridgehead atoms. The number of nitrogens with one attached hydrogen (secondary N) is 1. The van der Waals surface area contributed by atoms with Gasteiger partial charge in [0.2, 0.25) is 5.91 Å². The number of rotatable bonds is 51. The van der Waals surface area contributed by atoms with Gasteiger partial charge in [-0.3, -0.25) is 4.79 Å². The average Bonchev–Trinajstić information content (AvgIpc) is 3.26. The first kappa shape index (κ1) is 59.8. The second-order valence-corrected chi connectivity index (χ2v) is 19.1. The fourth-order valence-electron chi connectivity index (χ4n) is 8.78. The predicted molar refractivity (Wildman–Crippen MR) is 268 cm³/mol. The van der Waals surface area contributed by atoms with Gasteiger partial charge in [0.05, 0.1) is 18.8 Å². The van der Waals surface area contributed by atoms with Crippen LogP contribution >= 0.6 is 0 Å². The van der Waals surface area contributed by atoms with E-state index in [1.165, 1.54) is 231 Å². The van der Waals surface area contributed by atoms with Gasteiger partial charge in [-0.05, 0) is 44.9 Å². The van der Waals surface area contributed by atoms with Crippen LogP contribution in [0.4, 0.5) is 0 Å². The fourth-order valence-corrected chi connectivity index (χ4v) is 8.78. The van der Waals surface area contributed by atoms with Crippen molar-refractivity contribution >= 4 is 5.91 Å². The molecular weight excluding hydrogens is 751 g/mol. The van der Waals surface area contributed by atoms with E-state index < -0.39 is 18.2 Å². The first-order valence-electron chi connectivity index (χ1n) is 27.6. The van der Waals surface area contributed by atoms with Crippen molar-refractivity contribution < 1.29 is 20.1 Å². The molecule has 0 heterocycles. The highest BCUT2D eigenvalue weighted by Crippen LogP contribution is 2.18. The van der Waals surface area contributed by atoms with Crippen molar-refractivity contribution in [3.63, 3.8) is 0 Å². The minimum Gasteiger partial charge on any atom is -0.394 e. The van der Waals surface area contributed by atoms with E-state index in [-0.39, 0.29) is 12.5 Å². The summed E-state index contributed by atoms with van der Waals surface area (Å²) in [6.45, 7) is 4.21. The van der Waals surface area contributed by atoms with E-state index in [4.69, 9.17) is 0 Å². The van der Waals surface area contributed by atoms with E-state index in [1.807, 2.05) is 0 Å². The standard InChI is InChI=1S/C56H109NO4/c1-3-5-7-9-11-13-15-17-19-21-22-23-24-25-26-27-28-29-30-31-32-33-34-35-37-39-41-43-45-47-49-51-55(60)57-53(52-58)56(61)54(59)50-48-46-44-42-40-38-36-20-18-16-14-12-10-8-6-4-2/h22-23,25-26,53-54,56,58-59,61H,3-21,24,27-52H2,1-2H3,(H,57,60)/b23-22-,26-25-. The molecule has 362 valence electrons.